The van der Waals surface area contributed by atoms with E-state index in [9.17, 15) is 4.79 Å². The molecule has 0 spiro atoms. The number of aryl methyl sites for hydroxylation is 1. The number of likely N-dealkylation sites (tertiary alicyclic amines) is 1. The second-order valence-corrected chi connectivity index (χ2v) is 8.13. The number of carbonyl (C=O) groups is 1. The minimum Gasteiger partial charge on any atom is -0.342 e. The summed E-state index contributed by atoms with van der Waals surface area (Å²) in [7, 11) is 4.10. The van der Waals surface area contributed by atoms with Gasteiger partial charge in [0.25, 0.3) is 0 Å². The summed E-state index contributed by atoms with van der Waals surface area (Å²) < 4.78 is 1.95. The van der Waals surface area contributed by atoms with E-state index in [1.165, 1.54) is 5.56 Å². The predicted octanol–water partition coefficient (Wildman–Crippen LogP) is 2.25. The van der Waals surface area contributed by atoms with Gasteiger partial charge in [0, 0.05) is 37.9 Å². The first-order valence-electron chi connectivity index (χ1n) is 10.2. The third-order valence-electron chi connectivity index (χ3n) is 5.56. The van der Waals surface area contributed by atoms with E-state index < -0.39 is 0 Å². The molecule has 1 aliphatic heterocycles. The summed E-state index contributed by atoms with van der Waals surface area (Å²) in [5.74, 6) is 0.385. The van der Waals surface area contributed by atoms with Crippen molar-refractivity contribution >= 4 is 17.1 Å². The van der Waals surface area contributed by atoms with Gasteiger partial charge in [0.05, 0.1) is 18.7 Å². The monoisotopic (exact) mass is 392 g/mol. The lowest BCUT2D eigenvalue weighted by Gasteiger charge is -2.16. The summed E-state index contributed by atoms with van der Waals surface area (Å²) in [5.41, 5.74) is 4.93. The number of amides is 1. The van der Waals surface area contributed by atoms with Gasteiger partial charge in [-0.2, -0.15) is 5.10 Å². The fraction of sp³-hybridized carbons (Fsp3) is 0.455. The first-order chi connectivity index (χ1) is 14.0. The van der Waals surface area contributed by atoms with Gasteiger partial charge in [0.1, 0.15) is 5.52 Å². The van der Waals surface area contributed by atoms with E-state index in [1.54, 1.807) is 12.4 Å². The SMILES string of the molecule is Cc1ccc(CC(=O)N2CC[C@@H](c3nn(CCN(C)C)c4nccnc34)C2)cc1. The molecule has 0 radical (unpaired) electrons. The minimum absolute atomic E-state index is 0.179. The van der Waals surface area contributed by atoms with Crippen molar-refractivity contribution in [2.24, 2.45) is 0 Å². The predicted molar refractivity (Wildman–Crippen MR) is 113 cm³/mol. The van der Waals surface area contributed by atoms with Gasteiger partial charge >= 0.3 is 0 Å². The molecule has 7 nitrogen and oxygen atoms in total. The molecule has 3 heterocycles. The van der Waals surface area contributed by atoms with Crippen molar-refractivity contribution in [2.45, 2.75) is 32.2 Å². The van der Waals surface area contributed by atoms with Gasteiger partial charge in [-0.3, -0.25) is 4.79 Å². The molecular weight excluding hydrogens is 364 g/mol. The Morgan fingerprint density at radius 1 is 1.17 bits per heavy atom. The Labute approximate surface area is 171 Å². The van der Waals surface area contributed by atoms with Crippen molar-refractivity contribution in [2.75, 3.05) is 33.7 Å². The van der Waals surface area contributed by atoms with Crippen LogP contribution in [0.25, 0.3) is 11.2 Å². The molecule has 0 unspecified atom stereocenters. The molecular formula is C22H28N6O. The molecule has 152 valence electrons. The van der Waals surface area contributed by atoms with Crippen LogP contribution in [-0.2, 0) is 17.8 Å². The lowest BCUT2D eigenvalue weighted by atomic mass is 10.0. The standard InChI is InChI=1S/C22H28N6O/c1-16-4-6-17(7-5-16)14-19(29)27-11-8-18(15-27)20-21-22(24-10-9-23-21)28(25-20)13-12-26(2)3/h4-7,9-10,18H,8,11-15H2,1-3H3/t18-/m1/s1. The Morgan fingerprint density at radius 2 is 1.93 bits per heavy atom. The second-order valence-electron chi connectivity index (χ2n) is 8.13. The van der Waals surface area contributed by atoms with E-state index in [2.05, 4.69) is 33.9 Å². The highest BCUT2D eigenvalue weighted by atomic mass is 16.2. The molecule has 0 bridgehead atoms. The number of carbonyl (C=O) groups excluding carboxylic acids is 1. The van der Waals surface area contributed by atoms with Crippen LogP contribution < -0.4 is 0 Å². The molecule has 29 heavy (non-hydrogen) atoms. The van der Waals surface area contributed by atoms with Crippen molar-refractivity contribution < 1.29 is 4.79 Å². The van der Waals surface area contributed by atoms with Crippen LogP contribution in [0.3, 0.4) is 0 Å². The zero-order valence-electron chi connectivity index (χ0n) is 17.4. The van der Waals surface area contributed by atoms with Gasteiger partial charge in [-0.05, 0) is 33.0 Å². The number of nitrogens with zero attached hydrogens (tertiary/aromatic N) is 6. The Morgan fingerprint density at radius 3 is 2.69 bits per heavy atom. The maximum absolute atomic E-state index is 12.8. The summed E-state index contributed by atoms with van der Waals surface area (Å²) in [4.78, 5) is 25.9. The molecule has 1 amide bonds. The third-order valence-corrected chi connectivity index (χ3v) is 5.56. The van der Waals surface area contributed by atoms with Crippen molar-refractivity contribution in [3.63, 3.8) is 0 Å². The first kappa shape index (κ1) is 19.5. The highest BCUT2D eigenvalue weighted by Crippen LogP contribution is 2.30. The highest BCUT2D eigenvalue weighted by molar-refractivity contribution is 5.79. The van der Waals surface area contributed by atoms with Gasteiger partial charge in [0.2, 0.25) is 5.91 Å². The molecule has 0 saturated carbocycles. The molecule has 1 aromatic carbocycles. The molecule has 2 aromatic heterocycles. The Hall–Kier alpha value is -2.80. The fourth-order valence-electron chi connectivity index (χ4n) is 3.85. The van der Waals surface area contributed by atoms with E-state index in [-0.39, 0.29) is 11.8 Å². The van der Waals surface area contributed by atoms with Gasteiger partial charge in [0.15, 0.2) is 5.65 Å². The largest absolute Gasteiger partial charge is 0.342 e. The summed E-state index contributed by atoms with van der Waals surface area (Å²) in [6, 6.07) is 8.19. The summed E-state index contributed by atoms with van der Waals surface area (Å²) >= 11 is 0. The molecule has 3 aromatic rings. The Balaban J connectivity index is 1.49. The van der Waals surface area contributed by atoms with Crippen LogP contribution in [0.4, 0.5) is 0 Å². The number of benzene rings is 1. The van der Waals surface area contributed by atoms with Crippen molar-refractivity contribution in [3.8, 4) is 0 Å². The van der Waals surface area contributed by atoms with Gasteiger partial charge in [-0.1, -0.05) is 29.8 Å². The van der Waals surface area contributed by atoms with E-state index in [0.29, 0.717) is 13.0 Å². The van der Waals surface area contributed by atoms with Crippen LogP contribution in [0, 0.1) is 6.92 Å². The third kappa shape index (κ3) is 4.29. The van der Waals surface area contributed by atoms with E-state index in [4.69, 9.17) is 5.10 Å². The quantitative estimate of drug-likeness (QED) is 0.644. The van der Waals surface area contributed by atoms with E-state index in [1.807, 2.05) is 35.8 Å². The van der Waals surface area contributed by atoms with Crippen molar-refractivity contribution in [1.29, 1.82) is 0 Å². The zero-order chi connectivity index (χ0) is 20.4. The average Bonchev–Trinajstić information content (AvgIpc) is 3.33. The molecule has 1 fully saturated rings. The lowest BCUT2D eigenvalue weighted by molar-refractivity contribution is -0.129. The number of hydrogen-bond donors (Lipinski definition) is 0. The number of likely N-dealkylation sites (N-methyl/N-ethyl adjacent to an activating group) is 1. The van der Waals surface area contributed by atoms with Crippen molar-refractivity contribution in [3.05, 3.63) is 53.5 Å². The fourth-order valence-corrected chi connectivity index (χ4v) is 3.85. The van der Waals surface area contributed by atoms with Crippen LogP contribution in [0.2, 0.25) is 0 Å². The van der Waals surface area contributed by atoms with Crippen LogP contribution in [-0.4, -0.2) is 69.2 Å². The number of fused-ring (bicyclic) bond motifs is 1. The van der Waals surface area contributed by atoms with Crippen molar-refractivity contribution in [1.82, 2.24) is 29.5 Å². The Bertz CT molecular complexity index is 994. The molecule has 4 rings (SSSR count). The second kappa shape index (κ2) is 8.29. The zero-order valence-corrected chi connectivity index (χ0v) is 17.4. The lowest BCUT2D eigenvalue weighted by Crippen LogP contribution is -2.30. The summed E-state index contributed by atoms with van der Waals surface area (Å²) in [5, 5.41) is 4.86. The maximum Gasteiger partial charge on any atom is 0.227 e. The summed E-state index contributed by atoms with van der Waals surface area (Å²) in [6.45, 7) is 5.17. The van der Waals surface area contributed by atoms with Gasteiger partial charge < -0.3 is 9.80 Å². The number of rotatable bonds is 6. The summed E-state index contributed by atoms with van der Waals surface area (Å²) in [6.07, 6.45) is 4.80. The molecule has 7 heteroatoms. The molecule has 0 N–H and O–H groups in total. The molecule has 1 atom stereocenters. The Kier molecular flexibility index (Phi) is 5.58. The smallest absolute Gasteiger partial charge is 0.227 e. The van der Waals surface area contributed by atoms with Crippen LogP contribution in [0.15, 0.2) is 36.7 Å². The van der Waals surface area contributed by atoms with Crippen LogP contribution >= 0.6 is 0 Å². The first-order valence-corrected chi connectivity index (χ1v) is 10.2. The number of aromatic nitrogens is 4. The van der Waals surface area contributed by atoms with Gasteiger partial charge in [-0.15, -0.1) is 0 Å². The van der Waals surface area contributed by atoms with Crippen LogP contribution in [0.1, 0.15) is 29.2 Å². The van der Waals surface area contributed by atoms with E-state index in [0.717, 1.165) is 48.5 Å². The molecule has 1 saturated heterocycles. The molecule has 0 aliphatic carbocycles. The normalized spacial score (nSPS) is 16.8. The minimum atomic E-state index is 0.179. The highest BCUT2D eigenvalue weighted by Gasteiger charge is 2.31. The topological polar surface area (TPSA) is 67.2 Å². The van der Waals surface area contributed by atoms with E-state index >= 15 is 0 Å². The number of hydrogen-bond acceptors (Lipinski definition) is 5. The maximum atomic E-state index is 12.8. The average molecular weight is 393 g/mol. The van der Waals surface area contributed by atoms with Gasteiger partial charge in [-0.25, -0.2) is 14.6 Å². The molecule has 1 aliphatic rings. The van der Waals surface area contributed by atoms with Crippen LogP contribution in [0.5, 0.6) is 0 Å².